The molecule has 0 bridgehead atoms. The van der Waals surface area contributed by atoms with Gasteiger partial charge in [-0.3, -0.25) is 0 Å². The molecule has 2 heterocycles. The van der Waals surface area contributed by atoms with Gasteiger partial charge in [0.05, 0.1) is 26.4 Å². The summed E-state index contributed by atoms with van der Waals surface area (Å²) in [4.78, 5) is 0. The quantitative estimate of drug-likeness (QED) is 0.503. The van der Waals surface area contributed by atoms with E-state index >= 15 is 0 Å². The molecule has 2 saturated heterocycles. The zero-order valence-corrected chi connectivity index (χ0v) is 17.1. The van der Waals surface area contributed by atoms with E-state index in [-0.39, 0.29) is 12.2 Å². The third kappa shape index (κ3) is 6.97. The van der Waals surface area contributed by atoms with E-state index in [4.69, 9.17) is 18.9 Å². The van der Waals surface area contributed by atoms with Gasteiger partial charge in [0.2, 0.25) is 0 Å². The molecule has 0 aliphatic carbocycles. The minimum absolute atomic E-state index is 0.182. The summed E-state index contributed by atoms with van der Waals surface area (Å²) in [6.45, 7) is 1.32. The molecule has 3 rings (SSSR count). The highest BCUT2D eigenvalue weighted by Crippen LogP contribution is 2.30. The van der Waals surface area contributed by atoms with Crippen LogP contribution in [0.3, 0.4) is 0 Å². The molecule has 168 valence electrons. The summed E-state index contributed by atoms with van der Waals surface area (Å²) in [5.74, 6) is -0.885. The van der Waals surface area contributed by atoms with Gasteiger partial charge in [0.15, 0.2) is 24.1 Å². The van der Waals surface area contributed by atoms with Gasteiger partial charge in [-0.2, -0.15) is 8.78 Å². The summed E-state index contributed by atoms with van der Waals surface area (Å²) in [7, 11) is 0. The van der Waals surface area contributed by atoms with Crippen molar-refractivity contribution in [2.75, 3.05) is 26.4 Å². The summed E-state index contributed by atoms with van der Waals surface area (Å²) in [6, 6.07) is 3.71. The smallest absolute Gasteiger partial charge is 0.387 e. The molecule has 30 heavy (non-hydrogen) atoms. The average molecular weight is 430 g/mol. The van der Waals surface area contributed by atoms with Gasteiger partial charge in [-0.05, 0) is 31.4 Å². The molecule has 0 saturated carbocycles. The Labute approximate surface area is 175 Å². The number of halogens is 3. The Kier molecular flexibility index (Phi) is 8.99. The average Bonchev–Trinajstić information content (AvgIpc) is 2.75. The van der Waals surface area contributed by atoms with E-state index in [0.29, 0.717) is 37.9 Å². The number of unbranched alkanes of at least 4 members (excludes halogenated alkanes) is 1. The number of hydrogen-bond acceptors (Lipinski definition) is 5. The van der Waals surface area contributed by atoms with Crippen molar-refractivity contribution in [1.29, 1.82) is 0 Å². The number of hydrogen-bond donors (Lipinski definition) is 0. The largest absolute Gasteiger partial charge is 0.432 e. The van der Waals surface area contributed by atoms with Crippen molar-refractivity contribution < 1.29 is 36.9 Å². The van der Waals surface area contributed by atoms with Crippen molar-refractivity contribution >= 4 is 0 Å². The van der Waals surface area contributed by atoms with Crippen LogP contribution in [0.25, 0.3) is 0 Å². The molecule has 1 aromatic carbocycles. The molecule has 1 aromatic rings. The van der Waals surface area contributed by atoms with Gasteiger partial charge in [0, 0.05) is 17.4 Å². The third-order valence-corrected chi connectivity index (χ3v) is 5.08. The minimum Gasteiger partial charge on any atom is -0.432 e. The number of ether oxygens (including phenoxy) is 5. The van der Waals surface area contributed by atoms with Gasteiger partial charge >= 0.3 is 6.61 Å². The first-order valence-electron chi connectivity index (χ1n) is 10.4. The van der Waals surface area contributed by atoms with Crippen molar-refractivity contribution in [2.45, 2.75) is 51.8 Å². The maximum Gasteiger partial charge on any atom is 0.387 e. The molecular weight excluding hydrogens is 401 g/mol. The van der Waals surface area contributed by atoms with Gasteiger partial charge in [0.1, 0.15) is 0 Å². The Balaban J connectivity index is 1.37. The van der Waals surface area contributed by atoms with E-state index < -0.39 is 24.5 Å². The van der Waals surface area contributed by atoms with Crippen molar-refractivity contribution in [3.63, 3.8) is 0 Å². The Morgan fingerprint density at radius 3 is 2.43 bits per heavy atom. The van der Waals surface area contributed by atoms with Gasteiger partial charge < -0.3 is 23.7 Å². The number of alkyl halides is 2. The second-order valence-electron chi connectivity index (χ2n) is 7.58. The van der Waals surface area contributed by atoms with Gasteiger partial charge in [-0.15, -0.1) is 0 Å². The van der Waals surface area contributed by atoms with Crippen LogP contribution >= 0.6 is 0 Å². The maximum absolute atomic E-state index is 13.9. The lowest BCUT2D eigenvalue weighted by Gasteiger charge is -2.32. The molecule has 0 atom stereocenters. The Morgan fingerprint density at radius 1 is 1.07 bits per heavy atom. The molecule has 0 N–H and O–H groups in total. The summed E-state index contributed by atoms with van der Waals surface area (Å²) in [5.41, 5.74) is 0.425. The molecule has 0 spiro atoms. The van der Waals surface area contributed by atoms with Crippen molar-refractivity contribution in [2.24, 2.45) is 11.8 Å². The Morgan fingerprint density at radius 2 is 1.80 bits per heavy atom. The summed E-state index contributed by atoms with van der Waals surface area (Å²) >= 11 is 0. The van der Waals surface area contributed by atoms with E-state index in [2.05, 4.69) is 23.8 Å². The predicted molar refractivity (Wildman–Crippen MR) is 104 cm³/mol. The van der Waals surface area contributed by atoms with Crippen LogP contribution in [0.4, 0.5) is 13.2 Å². The van der Waals surface area contributed by atoms with Crippen LogP contribution < -0.4 is 4.74 Å². The van der Waals surface area contributed by atoms with E-state index in [1.807, 2.05) is 0 Å². The predicted octanol–water partition coefficient (Wildman–Crippen LogP) is 5.21. The number of benzene rings is 1. The number of allylic oxidation sites excluding steroid dienone is 1. The zero-order valence-electron chi connectivity index (χ0n) is 17.1. The molecule has 2 aliphatic rings. The fraction of sp³-hybridized carbons (Fsp3) is 0.636. The van der Waals surface area contributed by atoms with E-state index in [1.165, 1.54) is 6.07 Å². The fourth-order valence-corrected chi connectivity index (χ4v) is 3.42. The summed E-state index contributed by atoms with van der Waals surface area (Å²) < 4.78 is 65.4. The normalized spacial score (nSPS) is 27.6. The van der Waals surface area contributed by atoms with Crippen LogP contribution in [0.15, 0.2) is 30.4 Å². The van der Waals surface area contributed by atoms with Crippen molar-refractivity contribution in [1.82, 2.24) is 0 Å². The molecule has 8 heteroatoms. The van der Waals surface area contributed by atoms with E-state index in [0.717, 1.165) is 37.8 Å². The standard InChI is InChI=1S/C22H29F3O5/c1-2-3-4-5-15-11-26-20(27-12-15)9-6-16-13-28-21(29-14-16)17-7-8-19(18(23)10-17)30-22(24)25/h4-5,7-8,10,15-16,20-22H,2-3,6,9,11-14H2,1H3/b5-4+. The zero-order chi connectivity index (χ0) is 21.3. The maximum atomic E-state index is 13.9. The molecule has 0 unspecified atom stereocenters. The molecule has 5 nitrogen and oxygen atoms in total. The first kappa shape index (κ1) is 23.1. The highest BCUT2D eigenvalue weighted by molar-refractivity contribution is 5.30. The van der Waals surface area contributed by atoms with Gasteiger partial charge in [-0.25, -0.2) is 4.39 Å². The van der Waals surface area contributed by atoms with Crippen LogP contribution in [0, 0.1) is 17.7 Å². The van der Waals surface area contributed by atoms with Crippen molar-refractivity contribution in [3.05, 3.63) is 41.7 Å². The van der Waals surface area contributed by atoms with Gasteiger partial charge in [0.25, 0.3) is 0 Å². The summed E-state index contributed by atoms with van der Waals surface area (Å²) in [6.07, 6.45) is 7.18. The highest BCUT2D eigenvalue weighted by Gasteiger charge is 2.27. The second kappa shape index (κ2) is 11.7. The minimum atomic E-state index is -3.08. The van der Waals surface area contributed by atoms with Crippen LogP contribution in [0.5, 0.6) is 5.75 Å². The SMILES string of the molecule is CCC/C=C/C1COC(CCC2COC(c3ccc(OC(F)F)c(F)c3)OC2)OC1. The Hall–Kier alpha value is -1.61. The molecule has 0 amide bonds. The first-order valence-corrected chi connectivity index (χ1v) is 10.4. The van der Waals surface area contributed by atoms with Crippen LogP contribution in [0.2, 0.25) is 0 Å². The topological polar surface area (TPSA) is 46.2 Å². The lowest BCUT2D eigenvalue weighted by Crippen LogP contribution is -2.33. The van der Waals surface area contributed by atoms with Crippen LogP contribution in [-0.2, 0) is 18.9 Å². The second-order valence-corrected chi connectivity index (χ2v) is 7.58. The van der Waals surface area contributed by atoms with Gasteiger partial charge in [-0.1, -0.05) is 31.6 Å². The fourth-order valence-electron chi connectivity index (χ4n) is 3.42. The van der Waals surface area contributed by atoms with E-state index in [9.17, 15) is 13.2 Å². The van der Waals surface area contributed by atoms with Crippen LogP contribution in [-0.4, -0.2) is 39.3 Å². The van der Waals surface area contributed by atoms with E-state index in [1.54, 1.807) is 0 Å². The third-order valence-electron chi connectivity index (χ3n) is 5.08. The van der Waals surface area contributed by atoms with Crippen molar-refractivity contribution in [3.8, 4) is 5.75 Å². The molecule has 0 aromatic heterocycles. The first-order chi connectivity index (χ1) is 14.5. The number of rotatable bonds is 9. The molecule has 0 radical (unpaired) electrons. The monoisotopic (exact) mass is 430 g/mol. The lowest BCUT2D eigenvalue weighted by atomic mass is 10.0. The van der Waals surface area contributed by atoms with Crippen LogP contribution in [0.1, 0.15) is 44.5 Å². The molecule has 2 aliphatic heterocycles. The summed E-state index contributed by atoms with van der Waals surface area (Å²) in [5, 5.41) is 0. The molecule has 2 fully saturated rings. The molecular formula is C22H29F3O5. The highest BCUT2D eigenvalue weighted by atomic mass is 19.3. The Bertz CT molecular complexity index is 669. The lowest BCUT2D eigenvalue weighted by molar-refractivity contribution is -0.217.